The zero-order valence-corrected chi connectivity index (χ0v) is 10.6. The summed E-state index contributed by atoms with van der Waals surface area (Å²) in [6, 6.07) is 4.75. The average molecular weight is 269 g/mol. The molecule has 0 fully saturated rings. The number of carbonyl (C=O) groups is 1. The first-order valence-electron chi connectivity index (χ1n) is 5.94. The topological polar surface area (TPSA) is 92.1 Å². The molecule has 0 spiro atoms. The van der Waals surface area contributed by atoms with E-state index in [1.54, 1.807) is 31.5 Å². The molecule has 0 bridgehead atoms. The lowest BCUT2D eigenvalue weighted by molar-refractivity contribution is 0.102. The van der Waals surface area contributed by atoms with Gasteiger partial charge in [-0.25, -0.2) is 9.50 Å². The van der Waals surface area contributed by atoms with Crippen LogP contribution in [0.4, 0.5) is 5.69 Å². The predicted octanol–water partition coefficient (Wildman–Crippen LogP) is 0.978. The van der Waals surface area contributed by atoms with Crippen LogP contribution in [0.25, 0.3) is 5.65 Å². The Morgan fingerprint density at radius 3 is 2.85 bits per heavy atom. The molecule has 0 radical (unpaired) electrons. The lowest BCUT2D eigenvalue weighted by Crippen LogP contribution is -2.16. The molecule has 3 rings (SSSR count). The Kier molecular flexibility index (Phi) is 2.79. The highest BCUT2D eigenvalue weighted by Gasteiger charge is 2.14. The maximum absolute atomic E-state index is 12.2. The Hall–Kier alpha value is -2.96. The van der Waals surface area contributed by atoms with Crippen molar-refractivity contribution in [2.75, 3.05) is 5.32 Å². The molecule has 0 saturated carbocycles. The number of hydrogen-bond acceptors (Lipinski definition) is 4. The Morgan fingerprint density at radius 2 is 2.10 bits per heavy atom. The van der Waals surface area contributed by atoms with Crippen LogP contribution < -0.4 is 10.9 Å². The van der Waals surface area contributed by atoms with Gasteiger partial charge in [0.15, 0.2) is 5.65 Å². The number of amides is 1. The van der Waals surface area contributed by atoms with Gasteiger partial charge in [-0.2, -0.15) is 0 Å². The fraction of sp³-hybridized carbons (Fsp3) is 0.0769. The van der Waals surface area contributed by atoms with Gasteiger partial charge < -0.3 is 5.32 Å². The second kappa shape index (κ2) is 4.61. The molecule has 100 valence electrons. The predicted molar refractivity (Wildman–Crippen MR) is 72.7 cm³/mol. The molecule has 3 heterocycles. The summed E-state index contributed by atoms with van der Waals surface area (Å²) < 4.78 is 1.23. The number of aromatic nitrogens is 4. The number of rotatable bonds is 2. The highest BCUT2D eigenvalue weighted by Crippen LogP contribution is 2.10. The van der Waals surface area contributed by atoms with Gasteiger partial charge in [-0.3, -0.25) is 19.7 Å². The van der Waals surface area contributed by atoms with Crippen molar-refractivity contribution in [3.8, 4) is 0 Å². The third-order valence-corrected chi connectivity index (χ3v) is 2.81. The van der Waals surface area contributed by atoms with E-state index in [4.69, 9.17) is 0 Å². The van der Waals surface area contributed by atoms with Gasteiger partial charge in [0.05, 0.1) is 0 Å². The van der Waals surface area contributed by atoms with Crippen molar-refractivity contribution >= 4 is 17.2 Å². The standard InChI is InChI=1S/C13H11N5O2/c1-8-6-11(19)18-12(16-8)10(7-15-18)13(20)17-9-2-4-14-5-3-9/h2-7,15H,1H3,(H,14,17,20). The van der Waals surface area contributed by atoms with Crippen LogP contribution in [0, 0.1) is 6.92 Å². The van der Waals surface area contributed by atoms with Crippen LogP contribution in [0.1, 0.15) is 16.1 Å². The van der Waals surface area contributed by atoms with Crippen LogP contribution in [0.5, 0.6) is 0 Å². The summed E-state index contributed by atoms with van der Waals surface area (Å²) in [6.07, 6.45) is 4.62. The highest BCUT2D eigenvalue weighted by molar-refractivity contribution is 6.08. The molecule has 1 amide bonds. The smallest absolute Gasteiger partial charge is 0.272 e. The van der Waals surface area contributed by atoms with E-state index in [0.717, 1.165) is 0 Å². The number of carbonyl (C=O) groups excluding carboxylic acids is 1. The van der Waals surface area contributed by atoms with Crippen molar-refractivity contribution in [2.24, 2.45) is 0 Å². The van der Waals surface area contributed by atoms with Gasteiger partial charge in [-0.15, -0.1) is 0 Å². The van der Waals surface area contributed by atoms with E-state index in [1.807, 2.05) is 0 Å². The van der Waals surface area contributed by atoms with Crippen molar-refractivity contribution in [3.05, 3.63) is 58.4 Å². The summed E-state index contributed by atoms with van der Waals surface area (Å²) in [5.41, 5.74) is 1.55. The SMILES string of the molecule is Cc1cc(=O)n2[nH]cc(C(=O)Nc3ccncc3)c2n1. The molecule has 0 unspecified atom stereocenters. The van der Waals surface area contributed by atoms with E-state index >= 15 is 0 Å². The van der Waals surface area contributed by atoms with Gasteiger partial charge in [-0.05, 0) is 19.1 Å². The minimum Gasteiger partial charge on any atom is -0.322 e. The number of hydrogen-bond donors (Lipinski definition) is 2. The Bertz CT molecular complexity index is 835. The summed E-state index contributed by atoms with van der Waals surface area (Å²) >= 11 is 0. The number of H-pyrrole nitrogens is 1. The molecule has 0 aliphatic carbocycles. The van der Waals surface area contributed by atoms with Crippen molar-refractivity contribution in [3.63, 3.8) is 0 Å². The van der Waals surface area contributed by atoms with Crippen LogP contribution in [0.15, 0.2) is 41.6 Å². The maximum Gasteiger partial charge on any atom is 0.272 e. The van der Waals surface area contributed by atoms with Crippen LogP contribution in [0.2, 0.25) is 0 Å². The second-order valence-corrected chi connectivity index (χ2v) is 4.27. The van der Waals surface area contributed by atoms with Crippen LogP contribution in [-0.4, -0.2) is 25.5 Å². The Balaban J connectivity index is 2.02. The van der Waals surface area contributed by atoms with Crippen LogP contribution >= 0.6 is 0 Å². The average Bonchev–Trinajstić information content (AvgIpc) is 2.84. The maximum atomic E-state index is 12.2. The summed E-state index contributed by atoms with van der Waals surface area (Å²) in [7, 11) is 0. The number of fused-ring (bicyclic) bond motifs is 1. The van der Waals surface area contributed by atoms with Crippen LogP contribution in [0.3, 0.4) is 0 Å². The molecule has 0 saturated heterocycles. The summed E-state index contributed by atoms with van der Waals surface area (Å²) in [5, 5.41) is 5.44. The van der Waals surface area contributed by atoms with Gasteiger partial charge in [0.1, 0.15) is 5.56 Å². The van der Waals surface area contributed by atoms with E-state index in [2.05, 4.69) is 20.4 Å². The lowest BCUT2D eigenvalue weighted by atomic mass is 10.3. The first-order valence-corrected chi connectivity index (χ1v) is 5.94. The number of nitrogens with zero attached hydrogens (tertiary/aromatic N) is 3. The van der Waals surface area contributed by atoms with Gasteiger partial charge in [0.2, 0.25) is 0 Å². The van der Waals surface area contributed by atoms with E-state index in [0.29, 0.717) is 22.6 Å². The number of nitrogens with one attached hydrogen (secondary N) is 2. The van der Waals surface area contributed by atoms with Crippen molar-refractivity contribution in [1.82, 2.24) is 19.6 Å². The van der Waals surface area contributed by atoms with Crippen molar-refractivity contribution in [2.45, 2.75) is 6.92 Å². The number of aromatic amines is 1. The first kappa shape index (κ1) is 12.1. The largest absolute Gasteiger partial charge is 0.322 e. The Labute approximate surface area is 113 Å². The second-order valence-electron chi connectivity index (χ2n) is 4.27. The summed E-state index contributed by atoms with van der Waals surface area (Å²) in [6.45, 7) is 1.71. The molecule has 20 heavy (non-hydrogen) atoms. The third kappa shape index (κ3) is 2.05. The van der Waals surface area contributed by atoms with Gasteiger partial charge >= 0.3 is 0 Å². The summed E-state index contributed by atoms with van der Waals surface area (Å²) in [5.74, 6) is -0.340. The molecule has 3 aromatic rings. The molecular weight excluding hydrogens is 258 g/mol. The highest BCUT2D eigenvalue weighted by atomic mass is 16.2. The number of anilines is 1. The van der Waals surface area contributed by atoms with Crippen molar-refractivity contribution < 1.29 is 4.79 Å². The van der Waals surface area contributed by atoms with Gasteiger partial charge in [0, 0.05) is 36.0 Å². The zero-order chi connectivity index (χ0) is 14.1. The lowest BCUT2D eigenvalue weighted by Gasteiger charge is -2.03. The molecule has 7 nitrogen and oxygen atoms in total. The molecule has 2 N–H and O–H groups in total. The first-order chi connectivity index (χ1) is 9.65. The normalized spacial score (nSPS) is 10.7. The van der Waals surface area contributed by atoms with Crippen LogP contribution in [-0.2, 0) is 0 Å². The molecule has 3 aromatic heterocycles. The molecular formula is C13H11N5O2. The molecule has 0 aliphatic heterocycles. The molecule has 0 aliphatic rings. The van der Waals surface area contributed by atoms with E-state index in [1.165, 1.54) is 16.8 Å². The molecule has 0 atom stereocenters. The van der Waals surface area contributed by atoms with E-state index in [-0.39, 0.29) is 11.5 Å². The molecule has 0 aromatic carbocycles. The van der Waals surface area contributed by atoms with E-state index < -0.39 is 0 Å². The fourth-order valence-electron chi connectivity index (χ4n) is 1.90. The third-order valence-electron chi connectivity index (χ3n) is 2.81. The Morgan fingerprint density at radius 1 is 1.35 bits per heavy atom. The number of aryl methyl sites for hydroxylation is 1. The number of pyridine rings is 1. The van der Waals surface area contributed by atoms with Crippen molar-refractivity contribution in [1.29, 1.82) is 0 Å². The minimum absolute atomic E-state index is 0.254. The minimum atomic E-state index is -0.340. The molecule has 7 heteroatoms. The quantitative estimate of drug-likeness (QED) is 0.725. The van der Waals surface area contributed by atoms with E-state index in [9.17, 15) is 9.59 Å². The van der Waals surface area contributed by atoms with Gasteiger partial charge in [-0.1, -0.05) is 0 Å². The monoisotopic (exact) mass is 269 g/mol. The van der Waals surface area contributed by atoms with Gasteiger partial charge in [0.25, 0.3) is 11.5 Å². The summed E-state index contributed by atoms with van der Waals surface area (Å²) in [4.78, 5) is 32.0. The fourth-order valence-corrected chi connectivity index (χ4v) is 1.90. The zero-order valence-electron chi connectivity index (χ0n) is 10.6.